The lowest BCUT2D eigenvalue weighted by Crippen LogP contribution is -2.42. The molecule has 0 heterocycles. The van der Waals surface area contributed by atoms with Crippen molar-refractivity contribution in [3.8, 4) is 5.75 Å². The lowest BCUT2D eigenvalue weighted by atomic mass is 10.3. The maximum atomic E-state index is 11.7. The van der Waals surface area contributed by atoms with Gasteiger partial charge < -0.3 is 10.1 Å². The normalized spacial score (nSPS) is 15.4. The van der Waals surface area contributed by atoms with Gasteiger partial charge in [0.05, 0.1) is 4.92 Å². The van der Waals surface area contributed by atoms with Gasteiger partial charge in [-0.15, -0.1) is 0 Å². The second-order valence-corrected chi connectivity index (χ2v) is 5.59. The molecule has 2 rings (SSSR count). The molecular formula is C15H21N3O4. The van der Waals surface area contributed by atoms with Gasteiger partial charge in [-0.2, -0.15) is 0 Å². The van der Waals surface area contributed by atoms with E-state index in [4.69, 9.17) is 4.74 Å². The first-order valence-corrected chi connectivity index (χ1v) is 7.33. The highest BCUT2D eigenvalue weighted by Crippen LogP contribution is 2.26. The Balaban J connectivity index is 1.69. The molecule has 0 radical (unpaired) electrons. The number of nitrogens with one attached hydrogen (secondary N) is 1. The molecule has 1 N–H and O–H groups in total. The van der Waals surface area contributed by atoms with Crippen LogP contribution in [0.25, 0.3) is 0 Å². The number of rotatable bonds is 8. The molecule has 0 aliphatic heterocycles. The standard InChI is InChI=1S/C15H21N3O4/c1-11(17(2)12-3-4-12)9-16-15(19)10-22-14-7-5-13(6-8-14)18(20)21/h5-8,11-12H,3-4,9-10H2,1-2H3,(H,16,19)/t11-/m0/s1. The van der Waals surface area contributed by atoms with E-state index in [1.807, 2.05) is 0 Å². The number of hydrogen-bond donors (Lipinski definition) is 1. The Morgan fingerprint density at radius 2 is 2.09 bits per heavy atom. The topological polar surface area (TPSA) is 84.7 Å². The number of amides is 1. The van der Waals surface area contributed by atoms with E-state index >= 15 is 0 Å². The van der Waals surface area contributed by atoms with E-state index in [9.17, 15) is 14.9 Å². The van der Waals surface area contributed by atoms with Gasteiger partial charge in [0.2, 0.25) is 0 Å². The fourth-order valence-corrected chi connectivity index (χ4v) is 2.11. The molecule has 0 saturated heterocycles. The first-order chi connectivity index (χ1) is 10.5. The third kappa shape index (κ3) is 4.70. The van der Waals surface area contributed by atoms with Crippen molar-refractivity contribution >= 4 is 11.6 Å². The lowest BCUT2D eigenvalue weighted by Gasteiger charge is -2.24. The van der Waals surface area contributed by atoms with Gasteiger partial charge in [-0.05, 0) is 38.9 Å². The van der Waals surface area contributed by atoms with E-state index in [1.165, 1.54) is 37.1 Å². The first kappa shape index (κ1) is 16.2. The largest absolute Gasteiger partial charge is 0.484 e. The van der Waals surface area contributed by atoms with E-state index in [2.05, 4.69) is 24.2 Å². The van der Waals surface area contributed by atoms with E-state index in [0.717, 1.165) is 0 Å². The fraction of sp³-hybridized carbons (Fsp3) is 0.533. The molecule has 0 spiro atoms. The van der Waals surface area contributed by atoms with Crippen LogP contribution in [0.5, 0.6) is 5.75 Å². The molecule has 22 heavy (non-hydrogen) atoms. The average molecular weight is 307 g/mol. The van der Waals surface area contributed by atoms with E-state index in [-0.39, 0.29) is 24.2 Å². The number of carbonyl (C=O) groups is 1. The number of likely N-dealkylation sites (N-methyl/N-ethyl adjacent to an activating group) is 1. The third-order valence-corrected chi connectivity index (χ3v) is 3.83. The Morgan fingerprint density at radius 3 is 2.64 bits per heavy atom. The molecule has 1 aromatic carbocycles. The second-order valence-electron chi connectivity index (χ2n) is 5.59. The summed E-state index contributed by atoms with van der Waals surface area (Å²) < 4.78 is 5.31. The minimum Gasteiger partial charge on any atom is -0.484 e. The fourth-order valence-electron chi connectivity index (χ4n) is 2.11. The second kappa shape index (κ2) is 7.22. The van der Waals surface area contributed by atoms with E-state index in [0.29, 0.717) is 18.3 Å². The molecule has 0 aromatic heterocycles. The van der Waals surface area contributed by atoms with Crippen LogP contribution in [0.4, 0.5) is 5.69 Å². The van der Waals surface area contributed by atoms with Gasteiger partial charge >= 0.3 is 0 Å². The van der Waals surface area contributed by atoms with Crippen LogP contribution < -0.4 is 10.1 Å². The number of benzene rings is 1. The van der Waals surface area contributed by atoms with Crippen LogP contribution in [0.15, 0.2) is 24.3 Å². The van der Waals surface area contributed by atoms with Crippen LogP contribution in [0.2, 0.25) is 0 Å². The van der Waals surface area contributed by atoms with Crippen LogP contribution in [0.1, 0.15) is 19.8 Å². The van der Waals surface area contributed by atoms with Crippen LogP contribution in [-0.4, -0.2) is 48.0 Å². The minimum atomic E-state index is -0.478. The van der Waals surface area contributed by atoms with Crippen molar-refractivity contribution < 1.29 is 14.5 Å². The molecule has 7 heteroatoms. The summed E-state index contributed by atoms with van der Waals surface area (Å²) in [5.74, 6) is 0.235. The molecule has 120 valence electrons. The smallest absolute Gasteiger partial charge is 0.269 e. The van der Waals surface area contributed by atoms with Crippen LogP contribution in [-0.2, 0) is 4.79 Å². The Kier molecular flexibility index (Phi) is 5.32. The molecule has 1 aliphatic rings. The molecule has 1 aromatic rings. The minimum absolute atomic E-state index is 0.00580. The van der Waals surface area contributed by atoms with Crippen LogP contribution >= 0.6 is 0 Å². The predicted octanol–water partition coefficient (Wildman–Crippen LogP) is 1.57. The van der Waals surface area contributed by atoms with Crippen molar-refractivity contribution in [3.05, 3.63) is 34.4 Å². The molecular weight excluding hydrogens is 286 g/mol. The van der Waals surface area contributed by atoms with Gasteiger partial charge in [0.1, 0.15) is 5.75 Å². The molecule has 1 amide bonds. The highest BCUT2D eigenvalue weighted by molar-refractivity contribution is 5.77. The molecule has 1 atom stereocenters. The monoisotopic (exact) mass is 307 g/mol. The van der Waals surface area contributed by atoms with Gasteiger partial charge in [-0.3, -0.25) is 19.8 Å². The van der Waals surface area contributed by atoms with Crippen molar-refractivity contribution in [2.24, 2.45) is 0 Å². The lowest BCUT2D eigenvalue weighted by molar-refractivity contribution is -0.384. The van der Waals surface area contributed by atoms with Crippen LogP contribution in [0.3, 0.4) is 0 Å². The summed E-state index contributed by atoms with van der Waals surface area (Å²) in [6.07, 6.45) is 2.47. The summed E-state index contributed by atoms with van der Waals surface area (Å²) in [7, 11) is 2.07. The number of ether oxygens (including phenoxy) is 1. The molecule has 1 fully saturated rings. The highest BCUT2D eigenvalue weighted by atomic mass is 16.6. The zero-order chi connectivity index (χ0) is 16.1. The molecule has 0 bridgehead atoms. The van der Waals surface area contributed by atoms with Crippen molar-refractivity contribution in [2.75, 3.05) is 20.2 Å². The number of nitrogens with zero attached hydrogens (tertiary/aromatic N) is 2. The number of non-ortho nitro benzene ring substituents is 1. The molecule has 0 unspecified atom stereocenters. The van der Waals surface area contributed by atoms with Gasteiger partial charge in [0, 0.05) is 30.8 Å². The quantitative estimate of drug-likeness (QED) is 0.582. The molecule has 1 aliphatic carbocycles. The SMILES string of the molecule is C[C@@H](CNC(=O)COc1ccc([N+](=O)[O-])cc1)N(C)C1CC1. The number of hydrogen-bond acceptors (Lipinski definition) is 5. The van der Waals surface area contributed by atoms with Gasteiger partial charge in [0.15, 0.2) is 6.61 Å². The molecule has 1 saturated carbocycles. The van der Waals surface area contributed by atoms with Gasteiger partial charge in [0.25, 0.3) is 11.6 Å². The number of nitro benzene ring substituents is 1. The summed E-state index contributed by atoms with van der Waals surface area (Å²) in [5, 5.41) is 13.4. The first-order valence-electron chi connectivity index (χ1n) is 7.33. The maximum Gasteiger partial charge on any atom is 0.269 e. The molecule has 7 nitrogen and oxygen atoms in total. The van der Waals surface area contributed by atoms with Crippen LogP contribution in [0, 0.1) is 10.1 Å². The van der Waals surface area contributed by atoms with Crippen molar-refractivity contribution in [2.45, 2.75) is 31.8 Å². The average Bonchev–Trinajstić information content (AvgIpc) is 3.35. The summed E-state index contributed by atoms with van der Waals surface area (Å²) >= 11 is 0. The zero-order valence-electron chi connectivity index (χ0n) is 12.8. The number of carbonyl (C=O) groups excluding carboxylic acids is 1. The Labute approximate surface area is 129 Å². The van der Waals surface area contributed by atoms with E-state index < -0.39 is 4.92 Å². The highest BCUT2D eigenvalue weighted by Gasteiger charge is 2.29. The Bertz CT molecular complexity index is 528. The van der Waals surface area contributed by atoms with Crippen molar-refractivity contribution in [1.29, 1.82) is 0 Å². The summed E-state index contributed by atoms with van der Waals surface area (Å²) in [6.45, 7) is 2.56. The third-order valence-electron chi connectivity index (χ3n) is 3.83. The van der Waals surface area contributed by atoms with Crippen molar-refractivity contribution in [3.63, 3.8) is 0 Å². The number of nitro groups is 1. The summed E-state index contributed by atoms with van der Waals surface area (Å²) in [5.41, 5.74) is -0.00580. The van der Waals surface area contributed by atoms with E-state index in [1.54, 1.807) is 0 Å². The maximum absolute atomic E-state index is 11.7. The van der Waals surface area contributed by atoms with Gasteiger partial charge in [-0.25, -0.2) is 0 Å². The Morgan fingerprint density at radius 1 is 1.45 bits per heavy atom. The summed E-state index contributed by atoms with van der Waals surface area (Å²) in [4.78, 5) is 24.1. The van der Waals surface area contributed by atoms with Crippen molar-refractivity contribution in [1.82, 2.24) is 10.2 Å². The zero-order valence-corrected chi connectivity index (χ0v) is 12.8. The summed E-state index contributed by atoms with van der Waals surface area (Å²) in [6, 6.07) is 6.60. The van der Waals surface area contributed by atoms with Gasteiger partial charge in [-0.1, -0.05) is 0 Å². The Hall–Kier alpha value is -2.15. The predicted molar refractivity (Wildman–Crippen MR) is 81.8 cm³/mol.